The Hall–Kier alpha value is -2.54. The lowest BCUT2D eigenvalue weighted by atomic mass is 10.3. The van der Waals surface area contributed by atoms with E-state index in [9.17, 15) is 9.59 Å². The molecule has 106 valence electrons. The number of hydrogen-bond donors (Lipinski definition) is 0. The molecule has 0 aliphatic rings. The molecule has 0 saturated heterocycles. The largest absolute Gasteiger partial charge is 0.456 e. The van der Waals surface area contributed by atoms with Gasteiger partial charge in [0.05, 0.1) is 11.3 Å². The number of pyridine rings is 1. The van der Waals surface area contributed by atoms with Crippen LogP contribution >= 0.6 is 11.3 Å². The lowest BCUT2D eigenvalue weighted by molar-refractivity contribution is 0.0467. The number of aromatic nitrogens is 3. The Morgan fingerprint density at radius 2 is 2.14 bits per heavy atom. The lowest BCUT2D eigenvalue weighted by Gasteiger charge is -2.04. The van der Waals surface area contributed by atoms with Gasteiger partial charge in [-0.25, -0.2) is 9.78 Å². The van der Waals surface area contributed by atoms with Crippen LogP contribution in [0, 0.1) is 6.92 Å². The first-order valence-electron chi connectivity index (χ1n) is 6.19. The molecule has 0 N–H and O–H groups in total. The van der Waals surface area contributed by atoms with Crippen molar-refractivity contribution < 1.29 is 9.53 Å². The molecular formula is C14H11N3O3S. The van der Waals surface area contributed by atoms with E-state index >= 15 is 0 Å². The van der Waals surface area contributed by atoms with Gasteiger partial charge >= 0.3 is 5.97 Å². The summed E-state index contributed by atoms with van der Waals surface area (Å²) in [6.45, 7) is 1.81. The highest BCUT2D eigenvalue weighted by Gasteiger charge is 2.10. The van der Waals surface area contributed by atoms with Crippen molar-refractivity contribution in [2.45, 2.75) is 13.5 Å². The van der Waals surface area contributed by atoms with E-state index in [0.29, 0.717) is 16.2 Å². The van der Waals surface area contributed by atoms with Gasteiger partial charge in [-0.05, 0) is 19.1 Å². The first kappa shape index (κ1) is 13.4. The summed E-state index contributed by atoms with van der Waals surface area (Å²) in [6.07, 6.45) is 3.03. The van der Waals surface area contributed by atoms with Crippen LogP contribution in [0.4, 0.5) is 0 Å². The lowest BCUT2D eigenvalue weighted by Crippen LogP contribution is -2.16. The maximum atomic E-state index is 12.0. The fourth-order valence-corrected chi connectivity index (χ4v) is 2.78. The molecule has 0 fully saturated rings. The number of hydrogen-bond acceptors (Lipinski definition) is 6. The molecule has 0 aromatic carbocycles. The van der Waals surface area contributed by atoms with Gasteiger partial charge in [0.1, 0.15) is 6.61 Å². The second-order valence-electron chi connectivity index (χ2n) is 4.39. The third-order valence-electron chi connectivity index (χ3n) is 2.90. The standard InChI is InChI=1S/C14H11N3O3S/c1-9-8-21-14-16-11(6-12(18)17(9)14)7-20-13(19)10-2-4-15-5-3-10/h2-6,8H,7H2,1H3. The number of carbonyl (C=O) groups excluding carboxylic acids is 1. The van der Waals surface area contributed by atoms with Crippen molar-refractivity contribution in [3.8, 4) is 0 Å². The number of carbonyl (C=O) groups is 1. The number of fused-ring (bicyclic) bond motifs is 1. The number of thiazole rings is 1. The third kappa shape index (κ3) is 2.68. The van der Waals surface area contributed by atoms with Crippen LogP contribution in [0.5, 0.6) is 0 Å². The van der Waals surface area contributed by atoms with Gasteiger partial charge in [-0.2, -0.15) is 0 Å². The second-order valence-corrected chi connectivity index (χ2v) is 5.23. The molecule has 6 nitrogen and oxygen atoms in total. The van der Waals surface area contributed by atoms with Gasteiger partial charge in [0.15, 0.2) is 4.96 Å². The molecule has 0 radical (unpaired) electrons. The Labute approximate surface area is 123 Å². The molecule has 7 heteroatoms. The molecule has 0 aliphatic carbocycles. The molecule has 0 saturated carbocycles. The van der Waals surface area contributed by atoms with E-state index in [2.05, 4.69) is 9.97 Å². The zero-order valence-corrected chi connectivity index (χ0v) is 12.0. The smallest absolute Gasteiger partial charge is 0.338 e. The zero-order valence-electron chi connectivity index (χ0n) is 11.1. The average Bonchev–Trinajstić information content (AvgIpc) is 2.87. The van der Waals surface area contributed by atoms with Gasteiger partial charge in [-0.1, -0.05) is 0 Å². The van der Waals surface area contributed by atoms with Crippen LogP contribution in [0.2, 0.25) is 0 Å². The van der Waals surface area contributed by atoms with Crippen molar-refractivity contribution in [2.24, 2.45) is 0 Å². The van der Waals surface area contributed by atoms with Crippen molar-refractivity contribution in [1.82, 2.24) is 14.4 Å². The Morgan fingerprint density at radius 3 is 2.90 bits per heavy atom. The minimum Gasteiger partial charge on any atom is -0.456 e. The fourth-order valence-electron chi connectivity index (χ4n) is 1.89. The SMILES string of the molecule is Cc1csc2nc(COC(=O)c3ccncc3)cc(=O)n12. The molecule has 0 bridgehead atoms. The van der Waals surface area contributed by atoms with Gasteiger partial charge in [0.2, 0.25) is 0 Å². The average molecular weight is 301 g/mol. The molecule has 0 amide bonds. The van der Waals surface area contributed by atoms with E-state index in [0.717, 1.165) is 5.69 Å². The predicted octanol–water partition coefficient (Wildman–Crippen LogP) is 1.82. The van der Waals surface area contributed by atoms with Crippen LogP contribution in [0.25, 0.3) is 4.96 Å². The first-order chi connectivity index (χ1) is 10.1. The maximum absolute atomic E-state index is 12.0. The Balaban J connectivity index is 1.80. The van der Waals surface area contributed by atoms with Crippen LogP contribution in [-0.4, -0.2) is 20.3 Å². The molecule has 21 heavy (non-hydrogen) atoms. The van der Waals surface area contributed by atoms with Crippen LogP contribution in [0.15, 0.2) is 40.8 Å². The van der Waals surface area contributed by atoms with E-state index in [1.807, 2.05) is 12.3 Å². The molecule has 0 atom stereocenters. The summed E-state index contributed by atoms with van der Waals surface area (Å²) in [5.41, 5.74) is 1.51. The predicted molar refractivity (Wildman–Crippen MR) is 77.4 cm³/mol. The molecule has 0 spiro atoms. The topological polar surface area (TPSA) is 73.6 Å². The van der Waals surface area contributed by atoms with Crippen molar-refractivity contribution >= 4 is 22.3 Å². The number of esters is 1. The Morgan fingerprint density at radius 1 is 1.38 bits per heavy atom. The highest BCUT2D eigenvalue weighted by Crippen LogP contribution is 2.12. The van der Waals surface area contributed by atoms with Crippen molar-refractivity contribution in [1.29, 1.82) is 0 Å². The Kier molecular flexibility index (Phi) is 3.49. The number of nitrogens with zero attached hydrogens (tertiary/aromatic N) is 3. The summed E-state index contributed by atoms with van der Waals surface area (Å²) in [5.74, 6) is -0.471. The number of rotatable bonds is 3. The van der Waals surface area contributed by atoms with E-state index in [-0.39, 0.29) is 12.2 Å². The Bertz CT molecular complexity index is 855. The van der Waals surface area contributed by atoms with Gasteiger partial charge in [0.25, 0.3) is 5.56 Å². The van der Waals surface area contributed by atoms with Gasteiger partial charge in [-0.15, -0.1) is 11.3 Å². The van der Waals surface area contributed by atoms with E-state index in [1.165, 1.54) is 34.2 Å². The minimum atomic E-state index is -0.471. The summed E-state index contributed by atoms with van der Waals surface area (Å²) < 4.78 is 6.68. The summed E-state index contributed by atoms with van der Waals surface area (Å²) >= 11 is 1.38. The molecule has 0 aliphatic heterocycles. The van der Waals surface area contributed by atoms with E-state index < -0.39 is 5.97 Å². The van der Waals surface area contributed by atoms with Crippen molar-refractivity contribution in [2.75, 3.05) is 0 Å². The number of ether oxygens (including phenoxy) is 1. The number of aryl methyl sites for hydroxylation is 1. The van der Waals surface area contributed by atoms with Crippen LogP contribution in [0.3, 0.4) is 0 Å². The fraction of sp³-hybridized carbons (Fsp3) is 0.143. The van der Waals surface area contributed by atoms with Gasteiger partial charge in [0, 0.05) is 29.5 Å². The van der Waals surface area contributed by atoms with Crippen LogP contribution in [-0.2, 0) is 11.3 Å². The summed E-state index contributed by atoms with van der Waals surface area (Å²) in [7, 11) is 0. The molecule has 3 heterocycles. The van der Waals surface area contributed by atoms with Gasteiger partial charge < -0.3 is 4.74 Å². The molecule has 3 rings (SSSR count). The maximum Gasteiger partial charge on any atom is 0.338 e. The molecule has 3 aromatic heterocycles. The highest BCUT2D eigenvalue weighted by molar-refractivity contribution is 7.15. The zero-order chi connectivity index (χ0) is 14.8. The highest BCUT2D eigenvalue weighted by atomic mass is 32.1. The minimum absolute atomic E-state index is 0.0379. The van der Waals surface area contributed by atoms with Crippen LogP contribution in [0.1, 0.15) is 21.7 Å². The van der Waals surface area contributed by atoms with Crippen molar-refractivity contribution in [3.05, 3.63) is 63.3 Å². The van der Waals surface area contributed by atoms with Crippen LogP contribution < -0.4 is 5.56 Å². The van der Waals surface area contributed by atoms with E-state index in [4.69, 9.17) is 4.74 Å². The monoisotopic (exact) mass is 301 g/mol. The summed E-state index contributed by atoms with van der Waals surface area (Å²) in [4.78, 5) is 32.5. The van der Waals surface area contributed by atoms with Gasteiger partial charge in [-0.3, -0.25) is 14.2 Å². The molecular weight excluding hydrogens is 290 g/mol. The second kappa shape index (κ2) is 5.45. The van der Waals surface area contributed by atoms with Crippen molar-refractivity contribution in [3.63, 3.8) is 0 Å². The summed E-state index contributed by atoms with van der Waals surface area (Å²) in [5, 5.41) is 1.86. The quantitative estimate of drug-likeness (QED) is 0.690. The first-order valence-corrected chi connectivity index (χ1v) is 7.07. The molecule has 0 unspecified atom stereocenters. The molecule has 3 aromatic rings. The summed E-state index contributed by atoms with van der Waals surface area (Å²) in [6, 6.07) is 4.51. The normalized spacial score (nSPS) is 10.7. The third-order valence-corrected chi connectivity index (χ3v) is 3.84. The van der Waals surface area contributed by atoms with E-state index in [1.54, 1.807) is 12.1 Å².